The van der Waals surface area contributed by atoms with Crippen LogP contribution in [0.3, 0.4) is 0 Å². The van der Waals surface area contributed by atoms with Gasteiger partial charge in [-0.15, -0.1) is 0 Å². The van der Waals surface area contributed by atoms with E-state index in [1.165, 1.54) is 24.4 Å². The number of hydrogen-bond donors (Lipinski definition) is 1. The summed E-state index contributed by atoms with van der Waals surface area (Å²) in [6, 6.07) is 0. The van der Waals surface area contributed by atoms with Crippen molar-refractivity contribution in [1.82, 2.24) is 9.36 Å². The molecule has 0 radical (unpaired) electrons. The van der Waals surface area contributed by atoms with Crippen LogP contribution in [0.1, 0.15) is 38.4 Å². The van der Waals surface area contributed by atoms with Gasteiger partial charge in [-0.3, -0.25) is 0 Å². The summed E-state index contributed by atoms with van der Waals surface area (Å²) < 4.78 is 4.37. The molecule has 1 saturated heterocycles. The van der Waals surface area contributed by atoms with Gasteiger partial charge in [0.15, 0.2) is 0 Å². The summed E-state index contributed by atoms with van der Waals surface area (Å²) in [4.78, 5) is 6.82. The van der Waals surface area contributed by atoms with E-state index in [0.29, 0.717) is 5.92 Å². The summed E-state index contributed by atoms with van der Waals surface area (Å²) >= 11 is 1.50. The van der Waals surface area contributed by atoms with Gasteiger partial charge in [-0.25, -0.2) is 4.98 Å². The lowest BCUT2D eigenvalue weighted by atomic mass is 9.86. The minimum absolute atomic E-state index is 0.0731. The molecule has 0 atom stereocenters. The van der Waals surface area contributed by atoms with Crippen LogP contribution in [0.4, 0.5) is 5.13 Å². The number of anilines is 1. The average Bonchev–Trinajstić information content (AvgIpc) is 2.91. The van der Waals surface area contributed by atoms with Gasteiger partial charge < -0.3 is 10.6 Å². The Kier molecular flexibility index (Phi) is 2.23. The van der Waals surface area contributed by atoms with Crippen LogP contribution in [0.25, 0.3) is 0 Å². The molecule has 1 saturated carbocycles. The van der Waals surface area contributed by atoms with Crippen LogP contribution in [-0.2, 0) is 0 Å². The summed E-state index contributed by atoms with van der Waals surface area (Å²) in [6.07, 6.45) is 2.63. The van der Waals surface area contributed by atoms with Crippen molar-refractivity contribution in [2.45, 2.75) is 38.1 Å². The Hall–Kier alpha value is -0.680. The quantitative estimate of drug-likeness (QED) is 0.869. The van der Waals surface area contributed by atoms with Gasteiger partial charge in [0.2, 0.25) is 5.13 Å². The molecule has 0 amide bonds. The summed E-state index contributed by atoms with van der Waals surface area (Å²) in [5, 5.41) is 1.05. The van der Waals surface area contributed by atoms with Crippen LogP contribution in [0.2, 0.25) is 0 Å². The fourth-order valence-electron chi connectivity index (χ4n) is 2.31. The van der Waals surface area contributed by atoms with Crippen molar-refractivity contribution in [1.29, 1.82) is 0 Å². The van der Waals surface area contributed by atoms with E-state index in [1.54, 1.807) is 0 Å². The first-order chi connectivity index (χ1) is 7.58. The summed E-state index contributed by atoms with van der Waals surface area (Å²) in [6.45, 7) is 6.17. The lowest BCUT2D eigenvalue weighted by molar-refractivity contribution is 0.290. The molecule has 3 rings (SSSR count). The zero-order valence-corrected chi connectivity index (χ0v) is 10.6. The molecule has 2 fully saturated rings. The molecule has 1 aliphatic heterocycles. The average molecular weight is 238 g/mol. The van der Waals surface area contributed by atoms with Gasteiger partial charge in [-0.1, -0.05) is 13.8 Å². The molecule has 0 spiro atoms. The Morgan fingerprint density at radius 3 is 2.62 bits per heavy atom. The molecule has 2 heterocycles. The highest BCUT2D eigenvalue weighted by atomic mass is 32.1. The second-order valence-corrected chi connectivity index (χ2v) is 6.18. The SMILES string of the molecule is CC(C)c1nsc(N2CC(N)(C3CC3)C2)n1. The molecule has 0 bridgehead atoms. The van der Waals surface area contributed by atoms with Crippen LogP contribution >= 0.6 is 11.5 Å². The summed E-state index contributed by atoms with van der Waals surface area (Å²) in [5.41, 5.74) is 6.39. The molecular formula is C11H18N4S. The number of nitrogens with zero attached hydrogens (tertiary/aromatic N) is 3. The Labute approximate surface area is 100 Å². The highest BCUT2D eigenvalue weighted by Crippen LogP contribution is 2.44. The van der Waals surface area contributed by atoms with E-state index in [2.05, 4.69) is 28.1 Å². The Morgan fingerprint density at radius 1 is 1.44 bits per heavy atom. The molecule has 0 aromatic carbocycles. The molecule has 2 N–H and O–H groups in total. The van der Waals surface area contributed by atoms with Gasteiger partial charge >= 0.3 is 0 Å². The fraction of sp³-hybridized carbons (Fsp3) is 0.818. The molecule has 88 valence electrons. The summed E-state index contributed by atoms with van der Waals surface area (Å²) in [5.74, 6) is 2.14. The van der Waals surface area contributed by atoms with Gasteiger partial charge in [0.05, 0.1) is 5.54 Å². The van der Waals surface area contributed by atoms with E-state index in [9.17, 15) is 0 Å². The van der Waals surface area contributed by atoms with Crippen molar-refractivity contribution in [3.8, 4) is 0 Å². The van der Waals surface area contributed by atoms with E-state index in [1.807, 2.05) is 0 Å². The molecular weight excluding hydrogens is 220 g/mol. The van der Waals surface area contributed by atoms with Crippen LogP contribution < -0.4 is 10.6 Å². The lowest BCUT2D eigenvalue weighted by Gasteiger charge is -2.48. The Bertz CT molecular complexity index is 390. The standard InChI is InChI=1S/C11H18N4S/c1-7(2)9-13-10(16-14-9)15-5-11(12,6-15)8-3-4-8/h7-8H,3-6,12H2,1-2H3. The molecule has 1 aromatic heterocycles. The molecule has 0 unspecified atom stereocenters. The van der Waals surface area contributed by atoms with Gasteiger partial charge in [0, 0.05) is 30.5 Å². The monoisotopic (exact) mass is 238 g/mol. The van der Waals surface area contributed by atoms with Crippen LogP contribution in [0.5, 0.6) is 0 Å². The van der Waals surface area contributed by atoms with Crippen LogP contribution in [-0.4, -0.2) is 28.0 Å². The first-order valence-electron chi connectivity index (χ1n) is 5.96. The van der Waals surface area contributed by atoms with Crippen LogP contribution in [0.15, 0.2) is 0 Å². The third kappa shape index (κ3) is 1.62. The first-order valence-corrected chi connectivity index (χ1v) is 6.73. The zero-order valence-electron chi connectivity index (χ0n) is 9.81. The molecule has 16 heavy (non-hydrogen) atoms. The number of rotatable bonds is 3. The van der Waals surface area contributed by atoms with Gasteiger partial charge in [-0.05, 0) is 18.8 Å². The van der Waals surface area contributed by atoms with Crippen molar-refractivity contribution in [2.75, 3.05) is 18.0 Å². The van der Waals surface area contributed by atoms with Crippen LogP contribution in [0, 0.1) is 5.92 Å². The second-order valence-electron chi connectivity index (χ2n) is 5.45. The van der Waals surface area contributed by atoms with Crippen molar-refractivity contribution < 1.29 is 0 Å². The maximum atomic E-state index is 6.32. The largest absolute Gasteiger partial charge is 0.343 e. The van der Waals surface area contributed by atoms with E-state index in [0.717, 1.165) is 30.0 Å². The highest BCUT2D eigenvalue weighted by molar-refractivity contribution is 7.09. The Balaban J connectivity index is 1.66. The van der Waals surface area contributed by atoms with E-state index in [-0.39, 0.29) is 5.54 Å². The van der Waals surface area contributed by atoms with E-state index in [4.69, 9.17) is 5.73 Å². The number of hydrogen-bond acceptors (Lipinski definition) is 5. The number of aromatic nitrogens is 2. The minimum atomic E-state index is 0.0731. The predicted molar refractivity (Wildman–Crippen MR) is 65.9 cm³/mol. The van der Waals surface area contributed by atoms with Crippen molar-refractivity contribution >= 4 is 16.7 Å². The van der Waals surface area contributed by atoms with E-state index < -0.39 is 0 Å². The molecule has 1 aromatic rings. The third-order valence-corrected chi connectivity index (χ3v) is 4.37. The Morgan fingerprint density at radius 2 is 2.12 bits per heavy atom. The first kappa shape index (κ1) is 10.5. The summed E-state index contributed by atoms with van der Waals surface area (Å²) in [7, 11) is 0. The van der Waals surface area contributed by atoms with Crippen molar-refractivity contribution in [3.05, 3.63) is 5.82 Å². The molecule has 4 nitrogen and oxygen atoms in total. The van der Waals surface area contributed by atoms with Crippen molar-refractivity contribution in [3.63, 3.8) is 0 Å². The third-order valence-electron chi connectivity index (χ3n) is 3.58. The predicted octanol–water partition coefficient (Wildman–Crippen LogP) is 1.59. The maximum absolute atomic E-state index is 6.32. The maximum Gasteiger partial charge on any atom is 0.205 e. The molecule has 1 aliphatic carbocycles. The van der Waals surface area contributed by atoms with Gasteiger partial charge in [0.1, 0.15) is 5.82 Å². The smallest absolute Gasteiger partial charge is 0.205 e. The normalized spacial score (nSPS) is 23.6. The molecule has 2 aliphatic rings. The topological polar surface area (TPSA) is 55.0 Å². The van der Waals surface area contributed by atoms with Crippen molar-refractivity contribution in [2.24, 2.45) is 11.7 Å². The minimum Gasteiger partial charge on any atom is -0.343 e. The fourth-order valence-corrected chi connectivity index (χ4v) is 3.11. The zero-order chi connectivity index (χ0) is 11.3. The lowest BCUT2D eigenvalue weighted by Crippen LogP contribution is -2.69. The van der Waals surface area contributed by atoms with Gasteiger partial charge in [0.25, 0.3) is 0 Å². The highest BCUT2D eigenvalue weighted by Gasteiger charge is 2.51. The number of nitrogens with two attached hydrogens (primary N) is 1. The van der Waals surface area contributed by atoms with E-state index >= 15 is 0 Å². The molecule has 5 heteroatoms. The second kappa shape index (κ2) is 3.40. The van der Waals surface area contributed by atoms with Gasteiger partial charge in [-0.2, -0.15) is 4.37 Å².